The molecule has 0 unspecified atom stereocenters. The summed E-state index contributed by atoms with van der Waals surface area (Å²) in [5.74, 6) is 0.617. The molecule has 0 aliphatic carbocycles. The zero-order valence-electron chi connectivity index (χ0n) is 7.70. The summed E-state index contributed by atoms with van der Waals surface area (Å²) in [5.41, 5.74) is 6.10. The molecular formula is C10H10N2O2. The van der Waals surface area contributed by atoms with Gasteiger partial charge in [-0.1, -0.05) is 6.07 Å². The number of aromatic nitrogens is 1. The van der Waals surface area contributed by atoms with Crippen molar-refractivity contribution in [2.24, 2.45) is 0 Å². The normalized spacial score (nSPS) is 10.4. The molecule has 14 heavy (non-hydrogen) atoms. The molecule has 3 N–H and O–H groups in total. The highest BCUT2D eigenvalue weighted by atomic mass is 16.5. The standard InChI is InChI=1S/C10H10N2O2/c1-14-8-4-2-3-6-9(8)7(11)5-12-10(6)13/h2-5H,11H2,1H3,(H,12,13). The van der Waals surface area contributed by atoms with E-state index in [9.17, 15) is 4.79 Å². The van der Waals surface area contributed by atoms with Gasteiger partial charge in [0.1, 0.15) is 5.75 Å². The Morgan fingerprint density at radius 3 is 2.93 bits per heavy atom. The van der Waals surface area contributed by atoms with Gasteiger partial charge in [0, 0.05) is 6.20 Å². The van der Waals surface area contributed by atoms with Crippen LogP contribution in [0.25, 0.3) is 10.8 Å². The number of nitrogen functional groups attached to an aromatic ring is 1. The summed E-state index contributed by atoms with van der Waals surface area (Å²) in [7, 11) is 1.55. The lowest BCUT2D eigenvalue weighted by molar-refractivity contribution is 0.420. The highest BCUT2D eigenvalue weighted by Crippen LogP contribution is 2.27. The number of pyridine rings is 1. The predicted octanol–water partition coefficient (Wildman–Crippen LogP) is 1.12. The number of H-pyrrole nitrogens is 1. The van der Waals surface area contributed by atoms with Crippen LogP contribution in [0, 0.1) is 0 Å². The second-order valence-corrected chi connectivity index (χ2v) is 2.96. The number of rotatable bonds is 1. The number of hydrogen-bond donors (Lipinski definition) is 2. The zero-order valence-corrected chi connectivity index (χ0v) is 7.70. The Morgan fingerprint density at radius 2 is 2.21 bits per heavy atom. The minimum Gasteiger partial charge on any atom is -0.496 e. The van der Waals surface area contributed by atoms with Crippen LogP contribution in [0.15, 0.2) is 29.2 Å². The van der Waals surface area contributed by atoms with Crippen molar-refractivity contribution in [2.45, 2.75) is 0 Å². The van der Waals surface area contributed by atoms with Gasteiger partial charge < -0.3 is 15.5 Å². The number of ether oxygens (including phenoxy) is 1. The van der Waals surface area contributed by atoms with Crippen molar-refractivity contribution in [1.29, 1.82) is 0 Å². The number of aromatic amines is 1. The number of methoxy groups -OCH3 is 1. The molecule has 0 spiro atoms. The third-order valence-electron chi connectivity index (χ3n) is 2.14. The molecule has 0 aliphatic heterocycles. The van der Waals surface area contributed by atoms with Gasteiger partial charge in [-0.25, -0.2) is 0 Å². The van der Waals surface area contributed by atoms with E-state index in [1.54, 1.807) is 25.3 Å². The molecule has 1 heterocycles. The molecule has 1 aromatic heterocycles. The summed E-state index contributed by atoms with van der Waals surface area (Å²) in [4.78, 5) is 14.0. The maximum atomic E-state index is 11.4. The van der Waals surface area contributed by atoms with Gasteiger partial charge in [-0.2, -0.15) is 0 Å². The van der Waals surface area contributed by atoms with E-state index in [0.717, 1.165) is 0 Å². The first-order valence-corrected chi connectivity index (χ1v) is 4.18. The first kappa shape index (κ1) is 8.62. The SMILES string of the molecule is COc1cccc2c(=O)[nH]cc(N)c12. The molecule has 2 aromatic rings. The van der Waals surface area contributed by atoms with Crippen molar-refractivity contribution in [3.8, 4) is 5.75 Å². The molecule has 0 aliphatic rings. The van der Waals surface area contributed by atoms with Gasteiger partial charge in [0.2, 0.25) is 0 Å². The van der Waals surface area contributed by atoms with Crippen LogP contribution in [0.1, 0.15) is 0 Å². The molecule has 0 bridgehead atoms. The van der Waals surface area contributed by atoms with Crippen molar-refractivity contribution in [1.82, 2.24) is 4.98 Å². The van der Waals surface area contributed by atoms with Crippen molar-refractivity contribution in [2.75, 3.05) is 12.8 Å². The average Bonchev–Trinajstić information content (AvgIpc) is 2.23. The van der Waals surface area contributed by atoms with E-state index < -0.39 is 0 Å². The fourth-order valence-electron chi connectivity index (χ4n) is 1.48. The topological polar surface area (TPSA) is 68.1 Å². The lowest BCUT2D eigenvalue weighted by Gasteiger charge is -2.06. The minimum absolute atomic E-state index is 0.159. The van der Waals surface area contributed by atoms with Crippen molar-refractivity contribution >= 4 is 16.5 Å². The fraction of sp³-hybridized carbons (Fsp3) is 0.100. The molecule has 4 heteroatoms. The Kier molecular flexibility index (Phi) is 1.89. The summed E-state index contributed by atoms with van der Waals surface area (Å²) in [6.07, 6.45) is 1.48. The van der Waals surface area contributed by atoms with Gasteiger partial charge in [0.05, 0.1) is 23.6 Å². The quantitative estimate of drug-likeness (QED) is 0.708. The molecule has 0 saturated heterocycles. The van der Waals surface area contributed by atoms with E-state index in [1.165, 1.54) is 6.20 Å². The predicted molar refractivity (Wildman–Crippen MR) is 55.5 cm³/mol. The Bertz CT molecular complexity index is 531. The van der Waals surface area contributed by atoms with E-state index in [-0.39, 0.29) is 5.56 Å². The Balaban J connectivity index is 2.99. The maximum absolute atomic E-state index is 11.4. The molecule has 0 atom stereocenters. The highest BCUT2D eigenvalue weighted by molar-refractivity contribution is 5.96. The van der Waals surface area contributed by atoms with Gasteiger partial charge in [-0.05, 0) is 12.1 Å². The lowest BCUT2D eigenvalue weighted by Crippen LogP contribution is -2.07. The van der Waals surface area contributed by atoms with E-state index in [1.807, 2.05) is 0 Å². The van der Waals surface area contributed by atoms with Crippen LogP contribution < -0.4 is 16.0 Å². The molecule has 72 valence electrons. The van der Waals surface area contributed by atoms with Crippen LogP contribution in [0.5, 0.6) is 5.75 Å². The molecule has 2 rings (SSSR count). The first-order chi connectivity index (χ1) is 6.74. The molecule has 0 saturated carbocycles. The van der Waals surface area contributed by atoms with E-state index >= 15 is 0 Å². The monoisotopic (exact) mass is 190 g/mol. The molecule has 0 fully saturated rings. The lowest BCUT2D eigenvalue weighted by atomic mass is 10.1. The summed E-state index contributed by atoms with van der Waals surface area (Å²) in [6, 6.07) is 5.25. The molecular weight excluding hydrogens is 180 g/mol. The smallest absolute Gasteiger partial charge is 0.256 e. The minimum atomic E-state index is -0.159. The van der Waals surface area contributed by atoms with E-state index in [4.69, 9.17) is 10.5 Å². The highest BCUT2D eigenvalue weighted by Gasteiger charge is 2.06. The summed E-state index contributed by atoms with van der Waals surface area (Å²) >= 11 is 0. The van der Waals surface area contributed by atoms with Crippen LogP contribution in [0.3, 0.4) is 0 Å². The van der Waals surface area contributed by atoms with Crippen molar-refractivity contribution < 1.29 is 4.74 Å². The molecule has 1 aromatic carbocycles. The maximum Gasteiger partial charge on any atom is 0.256 e. The fourth-order valence-corrected chi connectivity index (χ4v) is 1.48. The van der Waals surface area contributed by atoms with Crippen LogP contribution in [0.4, 0.5) is 5.69 Å². The Labute approximate surface area is 80.3 Å². The van der Waals surface area contributed by atoms with Gasteiger partial charge in [0.25, 0.3) is 5.56 Å². The van der Waals surface area contributed by atoms with Crippen molar-refractivity contribution in [3.63, 3.8) is 0 Å². The van der Waals surface area contributed by atoms with Gasteiger partial charge >= 0.3 is 0 Å². The third kappa shape index (κ3) is 1.12. The van der Waals surface area contributed by atoms with Gasteiger partial charge in [-0.3, -0.25) is 4.79 Å². The summed E-state index contributed by atoms with van der Waals surface area (Å²) < 4.78 is 5.13. The Morgan fingerprint density at radius 1 is 1.43 bits per heavy atom. The van der Waals surface area contributed by atoms with E-state index in [0.29, 0.717) is 22.2 Å². The van der Waals surface area contributed by atoms with Gasteiger partial charge in [0.15, 0.2) is 0 Å². The van der Waals surface area contributed by atoms with E-state index in [2.05, 4.69) is 4.98 Å². The molecule has 4 nitrogen and oxygen atoms in total. The van der Waals surface area contributed by atoms with Crippen molar-refractivity contribution in [3.05, 3.63) is 34.7 Å². The number of fused-ring (bicyclic) bond motifs is 1. The van der Waals surface area contributed by atoms with Crippen LogP contribution >= 0.6 is 0 Å². The third-order valence-corrected chi connectivity index (χ3v) is 2.14. The zero-order chi connectivity index (χ0) is 10.1. The second kappa shape index (κ2) is 3.06. The number of benzene rings is 1. The summed E-state index contributed by atoms with van der Waals surface area (Å²) in [5, 5.41) is 1.21. The second-order valence-electron chi connectivity index (χ2n) is 2.96. The van der Waals surface area contributed by atoms with Crippen LogP contribution in [-0.2, 0) is 0 Å². The van der Waals surface area contributed by atoms with Crippen LogP contribution in [-0.4, -0.2) is 12.1 Å². The summed E-state index contributed by atoms with van der Waals surface area (Å²) in [6.45, 7) is 0. The average molecular weight is 190 g/mol. The number of nitrogens with two attached hydrogens (primary N) is 1. The number of hydrogen-bond acceptors (Lipinski definition) is 3. The van der Waals surface area contributed by atoms with Crippen LogP contribution in [0.2, 0.25) is 0 Å². The molecule has 0 radical (unpaired) electrons. The number of anilines is 1. The largest absolute Gasteiger partial charge is 0.496 e. The molecule has 0 amide bonds. The Hall–Kier alpha value is -1.97. The number of nitrogens with one attached hydrogen (secondary N) is 1. The van der Waals surface area contributed by atoms with Gasteiger partial charge in [-0.15, -0.1) is 0 Å². The first-order valence-electron chi connectivity index (χ1n) is 4.18.